The average Bonchev–Trinajstić information content (AvgIpc) is 3.44. The summed E-state index contributed by atoms with van der Waals surface area (Å²) < 4.78 is 11.3. The molecule has 0 bridgehead atoms. The molecule has 0 N–H and O–H groups in total. The first kappa shape index (κ1) is 17.7. The highest BCUT2D eigenvalue weighted by Crippen LogP contribution is 2.32. The van der Waals surface area contributed by atoms with Gasteiger partial charge in [0.05, 0.1) is 0 Å². The Morgan fingerprint density at radius 3 is 1.42 bits per heavy atom. The SMILES string of the molecule is c1ccc(-c2onc3ccc(Cc4ccc5noc(-c6ccccc6)c5c4)cc23)cc1. The summed E-state index contributed by atoms with van der Waals surface area (Å²) in [6, 6.07) is 32.8. The molecule has 4 heteroatoms. The molecule has 0 saturated heterocycles. The summed E-state index contributed by atoms with van der Waals surface area (Å²) in [5.41, 5.74) is 6.18. The van der Waals surface area contributed by atoms with Gasteiger partial charge in [-0.2, -0.15) is 0 Å². The number of rotatable bonds is 4. The van der Waals surface area contributed by atoms with Crippen LogP contribution in [0.3, 0.4) is 0 Å². The van der Waals surface area contributed by atoms with Gasteiger partial charge in [0, 0.05) is 21.9 Å². The molecule has 0 spiro atoms. The van der Waals surface area contributed by atoms with Crippen LogP contribution in [-0.4, -0.2) is 10.3 Å². The van der Waals surface area contributed by atoms with E-state index in [1.54, 1.807) is 0 Å². The Balaban J connectivity index is 1.38. The van der Waals surface area contributed by atoms with E-state index in [1.165, 1.54) is 11.1 Å². The summed E-state index contributed by atoms with van der Waals surface area (Å²) in [6.07, 6.45) is 0.796. The van der Waals surface area contributed by atoms with Gasteiger partial charge in [0.2, 0.25) is 0 Å². The molecular formula is C27H18N2O2. The van der Waals surface area contributed by atoms with Gasteiger partial charge in [-0.15, -0.1) is 0 Å². The number of fused-ring (bicyclic) bond motifs is 2. The maximum Gasteiger partial charge on any atom is 0.174 e. The van der Waals surface area contributed by atoms with Crippen molar-refractivity contribution in [2.45, 2.75) is 6.42 Å². The number of hydrogen-bond donors (Lipinski definition) is 0. The van der Waals surface area contributed by atoms with Crippen LogP contribution in [0, 0.1) is 0 Å². The predicted octanol–water partition coefficient (Wildman–Crippen LogP) is 6.89. The Bertz CT molecular complexity index is 1380. The van der Waals surface area contributed by atoms with Crippen molar-refractivity contribution in [2.24, 2.45) is 0 Å². The quantitative estimate of drug-likeness (QED) is 0.322. The molecule has 4 aromatic carbocycles. The van der Waals surface area contributed by atoms with Gasteiger partial charge in [0.25, 0.3) is 0 Å². The van der Waals surface area contributed by atoms with Crippen LogP contribution in [-0.2, 0) is 6.42 Å². The molecule has 0 radical (unpaired) electrons. The van der Waals surface area contributed by atoms with Crippen molar-refractivity contribution in [1.82, 2.24) is 10.3 Å². The van der Waals surface area contributed by atoms with E-state index >= 15 is 0 Å². The van der Waals surface area contributed by atoms with Gasteiger partial charge < -0.3 is 9.05 Å². The van der Waals surface area contributed by atoms with Gasteiger partial charge in [-0.05, 0) is 41.8 Å². The first-order valence-electron chi connectivity index (χ1n) is 10.2. The molecule has 0 saturated carbocycles. The van der Waals surface area contributed by atoms with Crippen molar-refractivity contribution in [2.75, 3.05) is 0 Å². The maximum atomic E-state index is 5.65. The normalized spacial score (nSPS) is 11.4. The smallest absolute Gasteiger partial charge is 0.174 e. The molecule has 0 unspecified atom stereocenters. The van der Waals surface area contributed by atoms with E-state index in [4.69, 9.17) is 9.05 Å². The summed E-state index contributed by atoms with van der Waals surface area (Å²) in [4.78, 5) is 0. The van der Waals surface area contributed by atoms with E-state index in [0.29, 0.717) is 0 Å². The summed E-state index contributed by atoms with van der Waals surface area (Å²) >= 11 is 0. The molecule has 0 aliphatic carbocycles. The molecule has 31 heavy (non-hydrogen) atoms. The topological polar surface area (TPSA) is 52.1 Å². The molecule has 2 heterocycles. The number of benzene rings is 4. The Kier molecular flexibility index (Phi) is 4.13. The fraction of sp³-hybridized carbons (Fsp3) is 0.0370. The zero-order valence-electron chi connectivity index (χ0n) is 16.7. The van der Waals surface area contributed by atoms with E-state index < -0.39 is 0 Å². The van der Waals surface area contributed by atoms with Crippen LogP contribution in [0.5, 0.6) is 0 Å². The van der Waals surface area contributed by atoms with Crippen LogP contribution < -0.4 is 0 Å². The van der Waals surface area contributed by atoms with Crippen molar-refractivity contribution in [3.63, 3.8) is 0 Å². The first-order valence-corrected chi connectivity index (χ1v) is 10.2. The minimum atomic E-state index is 0.796. The minimum absolute atomic E-state index is 0.796. The largest absolute Gasteiger partial charge is 0.355 e. The van der Waals surface area contributed by atoms with Crippen molar-refractivity contribution in [3.8, 4) is 22.6 Å². The average molecular weight is 402 g/mol. The second kappa shape index (κ2) is 7.26. The zero-order chi connectivity index (χ0) is 20.6. The van der Waals surface area contributed by atoms with Crippen LogP contribution >= 0.6 is 0 Å². The van der Waals surface area contributed by atoms with Gasteiger partial charge in [-0.1, -0.05) is 83.1 Å². The van der Waals surface area contributed by atoms with Crippen molar-refractivity contribution < 1.29 is 9.05 Å². The molecule has 6 rings (SSSR count). The summed E-state index contributed by atoms with van der Waals surface area (Å²) in [7, 11) is 0. The highest BCUT2D eigenvalue weighted by Gasteiger charge is 2.13. The molecule has 0 atom stereocenters. The van der Waals surface area contributed by atoms with E-state index in [-0.39, 0.29) is 0 Å². The monoisotopic (exact) mass is 402 g/mol. The summed E-state index contributed by atoms with van der Waals surface area (Å²) in [5, 5.41) is 10.5. The first-order chi connectivity index (χ1) is 15.3. The van der Waals surface area contributed by atoms with Crippen LogP contribution in [0.25, 0.3) is 44.5 Å². The van der Waals surface area contributed by atoms with Gasteiger partial charge in [0.15, 0.2) is 11.5 Å². The molecule has 0 aliphatic heterocycles. The summed E-state index contributed by atoms with van der Waals surface area (Å²) in [6.45, 7) is 0. The number of nitrogens with zero attached hydrogens (tertiary/aromatic N) is 2. The van der Waals surface area contributed by atoms with Crippen LogP contribution in [0.4, 0.5) is 0 Å². The third kappa shape index (κ3) is 3.19. The van der Waals surface area contributed by atoms with E-state index in [0.717, 1.165) is 50.9 Å². The van der Waals surface area contributed by atoms with Gasteiger partial charge in [-0.3, -0.25) is 0 Å². The third-order valence-corrected chi connectivity index (χ3v) is 5.56. The number of aromatic nitrogens is 2. The van der Waals surface area contributed by atoms with E-state index in [2.05, 4.69) is 34.6 Å². The third-order valence-electron chi connectivity index (χ3n) is 5.56. The lowest BCUT2D eigenvalue weighted by atomic mass is 9.99. The fourth-order valence-electron chi connectivity index (χ4n) is 4.03. The van der Waals surface area contributed by atoms with Crippen LogP contribution in [0.1, 0.15) is 11.1 Å². The lowest BCUT2D eigenvalue weighted by Gasteiger charge is -2.04. The van der Waals surface area contributed by atoms with Gasteiger partial charge in [-0.25, -0.2) is 0 Å². The van der Waals surface area contributed by atoms with Crippen molar-refractivity contribution in [3.05, 3.63) is 108 Å². The van der Waals surface area contributed by atoms with E-state index in [1.807, 2.05) is 72.8 Å². The van der Waals surface area contributed by atoms with Crippen molar-refractivity contribution in [1.29, 1.82) is 0 Å². The molecule has 0 amide bonds. The molecule has 2 aromatic heterocycles. The zero-order valence-corrected chi connectivity index (χ0v) is 16.7. The highest BCUT2D eigenvalue weighted by atomic mass is 16.5. The van der Waals surface area contributed by atoms with E-state index in [9.17, 15) is 0 Å². The Morgan fingerprint density at radius 2 is 0.968 bits per heavy atom. The Morgan fingerprint density at radius 1 is 0.516 bits per heavy atom. The lowest BCUT2D eigenvalue weighted by Crippen LogP contribution is -1.88. The Hall–Kier alpha value is -4.18. The van der Waals surface area contributed by atoms with Gasteiger partial charge >= 0.3 is 0 Å². The molecule has 0 fully saturated rings. The standard InChI is InChI=1S/C27H18N2O2/c1-3-7-20(8-4-1)26-22-16-18(11-13-24(22)28-30-26)15-19-12-14-25-23(17-19)27(31-29-25)21-9-5-2-6-10-21/h1-14,16-17H,15H2. The molecular weight excluding hydrogens is 384 g/mol. The fourth-order valence-corrected chi connectivity index (χ4v) is 4.03. The molecule has 0 aliphatic rings. The maximum absolute atomic E-state index is 5.65. The van der Waals surface area contributed by atoms with Crippen LogP contribution in [0.15, 0.2) is 106 Å². The predicted molar refractivity (Wildman–Crippen MR) is 122 cm³/mol. The van der Waals surface area contributed by atoms with Gasteiger partial charge in [0.1, 0.15) is 11.0 Å². The second-order valence-corrected chi connectivity index (χ2v) is 7.64. The van der Waals surface area contributed by atoms with Crippen LogP contribution in [0.2, 0.25) is 0 Å². The lowest BCUT2D eigenvalue weighted by molar-refractivity contribution is 0.441. The second-order valence-electron chi connectivity index (χ2n) is 7.64. The summed E-state index contributed by atoms with van der Waals surface area (Å²) in [5.74, 6) is 1.61. The Labute approximate surface area is 178 Å². The minimum Gasteiger partial charge on any atom is -0.355 e. The number of hydrogen-bond acceptors (Lipinski definition) is 4. The highest BCUT2D eigenvalue weighted by molar-refractivity contribution is 5.93. The molecule has 148 valence electrons. The molecule has 4 nitrogen and oxygen atoms in total. The molecule has 6 aromatic rings. The van der Waals surface area contributed by atoms with Crippen molar-refractivity contribution >= 4 is 21.8 Å².